The van der Waals surface area contributed by atoms with Gasteiger partial charge >= 0.3 is 0 Å². The third-order valence-corrected chi connectivity index (χ3v) is 0.892. The lowest BCUT2D eigenvalue weighted by Gasteiger charge is -1.91. The van der Waals surface area contributed by atoms with Crippen LogP contribution in [0.4, 0.5) is 0 Å². The van der Waals surface area contributed by atoms with Gasteiger partial charge in [0.25, 0.3) is 0 Å². The fraction of sp³-hybridized carbons (Fsp3) is 0.500. The summed E-state index contributed by atoms with van der Waals surface area (Å²) in [6, 6.07) is 0. The van der Waals surface area contributed by atoms with Crippen LogP contribution in [0, 0.1) is 0 Å². The molecule has 0 saturated heterocycles. The standard InChI is InChI=1S/C6H12N2/c1-3-4-5-6(7)8-2/h3H,1,4-5H2,2H3,(H2,7,8). The molecule has 8 heavy (non-hydrogen) atoms. The number of hydrogen-bond acceptors (Lipinski definition) is 1. The fourth-order valence-corrected chi connectivity index (χ4v) is 0.362. The molecule has 0 atom stereocenters. The summed E-state index contributed by atoms with van der Waals surface area (Å²) in [5.41, 5.74) is 5.36. The molecular formula is C6H12N2. The maximum atomic E-state index is 5.36. The molecule has 0 spiro atoms. The minimum atomic E-state index is 0.699. The van der Waals surface area contributed by atoms with Gasteiger partial charge in [-0.3, -0.25) is 4.99 Å². The fourth-order valence-electron chi connectivity index (χ4n) is 0.362. The number of rotatable bonds is 3. The molecule has 0 aliphatic heterocycles. The van der Waals surface area contributed by atoms with Gasteiger partial charge in [-0.05, 0) is 6.42 Å². The number of nitrogens with two attached hydrogens (primary N) is 1. The Kier molecular flexibility index (Phi) is 3.94. The highest BCUT2D eigenvalue weighted by Crippen LogP contribution is 1.87. The molecule has 0 aliphatic carbocycles. The lowest BCUT2D eigenvalue weighted by molar-refractivity contribution is 1.07. The smallest absolute Gasteiger partial charge is 0.0936 e. The van der Waals surface area contributed by atoms with Crippen molar-refractivity contribution < 1.29 is 0 Å². The molecule has 0 amide bonds. The molecule has 2 heteroatoms. The lowest BCUT2D eigenvalue weighted by atomic mass is 10.3. The van der Waals surface area contributed by atoms with Gasteiger partial charge in [-0.2, -0.15) is 0 Å². The van der Waals surface area contributed by atoms with E-state index in [0.29, 0.717) is 5.84 Å². The zero-order valence-electron chi connectivity index (χ0n) is 5.22. The van der Waals surface area contributed by atoms with Crippen molar-refractivity contribution in [3.63, 3.8) is 0 Å². The maximum Gasteiger partial charge on any atom is 0.0936 e. The van der Waals surface area contributed by atoms with E-state index in [1.54, 1.807) is 7.05 Å². The first kappa shape index (κ1) is 7.21. The van der Waals surface area contributed by atoms with Crippen LogP contribution >= 0.6 is 0 Å². The van der Waals surface area contributed by atoms with Crippen LogP contribution in [0.25, 0.3) is 0 Å². The molecule has 46 valence electrons. The summed E-state index contributed by atoms with van der Waals surface area (Å²) in [5.74, 6) is 0.699. The van der Waals surface area contributed by atoms with Gasteiger partial charge in [-0.1, -0.05) is 6.08 Å². The number of nitrogens with zero attached hydrogens (tertiary/aromatic N) is 1. The van der Waals surface area contributed by atoms with Crippen molar-refractivity contribution in [1.82, 2.24) is 0 Å². The van der Waals surface area contributed by atoms with E-state index in [4.69, 9.17) is 5.73 Å². The first-order valence-electron chi connectivity index (χ1n) is 2.63. The van der Waals surface area contributed by atoms with E-state index < -0.39 is 0 Å². The normalized spacial score (nSPS) is 11.4. The molecule has 2 N–H and O–H groups in total. The Balaban J connectivity index is 3.24. The van der Waals surface area contributed by atoms with Crippen LogP contribution < -0.4 is 5.73 Å². The molecule has 0 aromatic carbocycles. The van der Waals surface area contributed by atoms with Crippen LogP contribution in [-0.2, 0) is 0 Å². The van der Waals surface area contributed by atoms with Crippen LogP contribution in [-0.4, -0.2) is 12.9 Å². The van der Waals surface area contributed by atoms with Crippen molar-refractivity contribution in [2.24, 2.45) is 10.7 Å². The molecule has 0 aliphatic rings. The molecule has 0 saturated carbocycles. The van der Waals surface area contributed by atoms with E-state index in [0.717, 1.165) is 12.8 Å². The Morgan fingerprint density at radius 1 is 1.88 bits per heavy atom. The Morgan fingerprint density at radius 3 is 2.88 bits per heavy atom. The van der Waals surface area contributed by atoms with Gasteiger partial charge in [-0.15, -0.1) is 6.58 Å². The molecule has 0 bridgehead atoms. The minimum absolute atomic E-state index is 0.699. The average molecular weight is 112 g/mol. The van der Waals surface area contributed by atoms with Crippen molar-refractivity contribution in [2.75, 3.05) is 7.05 Å². The summed E-state index contributed by atoms with van der Waals surface area (Å²) >= 11 is 0. The molecule has 0 aromatic rings. The number of aliphatic imine (C=N–C) groups is 1. The van der Waals surface area contributed by atoms with Crippen molar-refractivity contribution in [3.8, 4) is 0 Å². The van der Waals surface area contributed by atoms with E-state index in [9.17, 15) is 0 Å². The Hall–Kier alpha value is -0.790. The monoisotopic (exact) mass is 112 g/mol. The average Bonchev–Trinajstić information content (AvgIpc) is 1.83. The molecular weight excluding hydrogens is 100 g/mol. The quantitative estimate of drug-likeness (QED) is 0.329. The molecule has 0 radical (unpaired) electrons. The summed E-state index contributed by atoms with van der Waals surface area (Å²) in [7, 11) is 1.69. The molecule has 0 heterocycles. The molecule has 0 unspecified atom stereocenters. The van der Waals surface area contributed by atoms with Crippen LogP contribution in [0.15, 0.2) is 17.6 Å². The second-order valence-corrected chi connectivity index (χ2v) is 1.54. The minimum Gasteiger partial charge on any atom is -0.387 e. The molecule has 0 aromatic heterocycles. The van der Waals surface area contributed by atoms with Crippen LogP contribution in [0.3, 0.4) is 0 Å². The summed E-state index contributed by atoms with van der Waals surface area (Å²) in [5, 5.41) is 0. The van der Waals surface area contributed by atoms with E-state index in [1.165, 1.54) is 0 Å². The van der Waals surface area contributed by atoms with Gasteiger partial charge in [0.15, 0.2) is 0 Å². The third kappa shape index (κ3) is 3.40. The highest BCUT2D eigenvalue weighted by molar-refractivity contribution is 5.80. The van der Waals surface area contributed by atoms with Crippen LogP contribution in [0.2, 0.25) is 0 Å². The molecule has 2 nitrogen and oxygen atoms in total. The third-order valence-electron chi connectivity index (χ3n) is 0.892. The van der Waals surface area contributed by atoms with Gasteiger partial charge in [0, 0.05) is 13.5 Å². The molecule has 0 rings (SSSR count). The van der Waals surface area contributed by atoms with Crippen molar-refractivity contribution >= 4 is 5.84 Å². The van der Waals surface area contributed by atoms with Crippen molar-refractivity contribution in [3.05, 3.63) is 12.7 Å². The van der Waals surface area contributed by atoms with Gasteiger partial charge in [0.2, 0.25) is 0 Å². The second-order valence-electron chi connectivity index (χ2n) is 1.54. The topological polar surface area (TPSA) is 38.4 Å². The first-order chi connectivity index (χ1) is 3.81. The number of hydrogen-bond donors (Lipinski definition) is 1. The highest BCUT2D eigenvalue weighted by Gasteiger charge is 1.84. The number of amidine groups is 1. The summed E-state index contributed by atoms with van der Waals surface area (Å²) in [6.45, 7) is 3.56. The van der Waals surface area contributed by atoms with Gasteiger partial charge in [0.05, 0.1) is 5.84 Å². The Labute approximate surface area is 50.1 Å². The van der Waals surface area contributed by atoms with E-state index >= 15 is 0 Å². The van der Waals surface area contributed by atoms with Gasteiger partial charge in [0.1, 0.15) is 0 Å². The van der Waals surface area contributed by atoms with Crippen LogP contribution in [0.1, 0.15) is 12.8 Å². The predicted molar refractivity (Wildman–Crippen MR) is 37.0 cm³/mol. The zero-order chi connectivity index (χ0) is 6.41. The van der Waals surface area contributed by atoms with Crippen LogP contribution in [0.5, 0.6) is 0 Å². The summed E-state index contributed by atoms with van der Waals surface area (Å²) in [6.07, 6.45) is 3.58. The maximum absolute atomic E-state index is 5.36. The number of allylic oxidation sites excluding steroid dienone is 1. The van der Waals surface area contributed by atoms with Crippen molar-refractivity contribution in [1.29, 1.82) is 0 Å². The zero-order valence-corrected chi connectivity index (χ0v) is 5.22. The van der Waals surface area contributed by atoms with Crippen molar-refractivity contribution in [2.45, 2.75) is 12.8 Å². The Morgan fingerprint density at radius 2 is 2.50 bits per heavy atom. The van der Waals surface area contributed by atoms with E-state index in [-0.39, 0.29) is 0 Å². The van der Waals surface area contributed by atoms with E-state index in [2.05, 4.69) is 11.6 Å². The first-order valence-corrected chi connectivity index (χ1v) is 2.63. The predicted octanol–water partition coefficient (Wildman–Crippen LogP) is 0.940. The summed E-state index contributed by atoms with van der Waals surface area (Å²) in [4.78, 5) is 3.77. The largest absolute Gasteiger partial charge is 0.387 e. The highest BCUT2D eigenvalue weighted by atomic mass is 14.8. The van der Waals surface area contributed by atoms with Gasteiger partial charge in [-0.25, -0.2) is 0 Å². The summed E-state index contributed by atoms with van der Waals surface area (Å²) < 4.78 is 0. The second kappa shape index (κ2) is 4.37. The SMILES string of the molecule is C=CCCC(N)=NC. The molecule has 0 fully saturated rings. The lowest BCUT2D eigenvalue weighted by Crippen LogP contribution is -2.09. The van der Waals surface area contributed by atoms with E-state index in [1.807, 2.05) is 6.08 Å². The van der Waals surface area contributed by atoms with Gasteiger partial charge < -0.3 is 5.73 Å². The Bertz CT molecular complexity index is 94.7.